The molecule has 1 aliphatic carbocycles. The molecule has 0 atom stereocenters. The SMILES string of the molecule is CCN(CC)c1ccc(-c2nnc(C3C(=O)CCC3=O)s2)c(OCc2cn(-c3ccccc3OC)nn2)c1. The molecule has 2 aromatic heterocycles. The molecule has 0 saturated heterocycles. The van der Waals surface area contributed by atoms with Gasteiger partial charge in [-0.2, -0.15) is 0 Å². The molecule has 5 rings (SSSR count). The highest BCUT2D eigenvalue weighted by molar-refractivity contribution is 7.15. The fourth-order valence-corrected chi connectivity index (χ4v) is 5.52. The molecule has 0 bridgehead atoms. The fourth-order valence-electron chi connectivity index (χ4n) is 4.50. The van der Waals surface area contributed by atoms with Crippen LogP contribution in [0.15, 0.2) is 48.7 Å². The minimum Gasteiger partial charge on any atom is -0.494 e. The molecule has 1 aliphatic rings. The molecular weight excluding hydrogens is 504 g/mol. The quantitative estimate of drug-likeness (QED) is 0.277. The molecule has 1 fully saturated rings. The number of ether oxygens (including phenoxy) is 2. The maximum absolute atomic E-state index is 12.3. The second-order valence-corrected chi connectivity index (χ2v) is 9.79. The van der Waals surface area contributed by atoms with Crippen LogP contribution in [0.4, 0.5) is 5.69 Å². The number of rotatable bonds is 10. The number of anilines is 1. The Balaban J connectivity index is 1.43. The summed E-state index contributed by atoms with van der Waals surface area (Å²) in [6, 6.07) is 13.5. The molecule has 0 unspecified atom stereocenters. The van der Waals surface area contributed by atoms with Crippen LogP contribution in [0.3, 0.4) is 0 Å². The number of ketones is 2. The van der Waals surface area contributed by atoms with Gasteiger partial charge in [0.15, 0.2) is 16.6 Å². The predicted molar refractivity (Wildman–Crippen MR) is 143 cm³/mol. The van der Waals surface area contributed by atoms with E-state index in [9.17, 15) is 9.59 Å². The Labute approximate surface area is 224 Å². The first-order chi connectivity index (χ1) is 18.5. The maximum atomic E-state index is 12.3. The van der Waals surface area contributed by atoms with Crippen LogP contribution in [0.5, 0.6) is 11.5 Å². The van der Waals surface area contributed by atoms with Gasteiger partial charge >= 0.3 is 0 Å². The van der Waals surface area contributed by atoms with Gasteiger partial charge in [0.2, 0.25) is 0 Å². The Bertz CT molecular complexity index is 1450. The summed E-state index contributed by atoms with van der Waals surface area (Å²) in [6.07, 6.45) is 2.33. The van der Waals surface area contributed by atoms with Crippen LogP contribution in [-0.4, -0.2) is 57.0 Å². The number of benzene rings is 2. The summed E-state index contributed by atoms with van der Waals surface area (Å²) in [4.78, 5) is 26.7. The van der Waals surface area contributed by atoms with Crippen molar-refractivity contribution in [3.63, 3.8) is 0 Å². The Hall–Kier alpha value is -4.12. The summed E-state index contributed by atoms with van der Waals surface area (Å²) < 4.78 is 13.4. The van der Waals surface area contributed by atoms with Gasteiger partial charge in [0, 0.05) is 37.7 Å². The van der Waals surface area contributed by atoms with Crippen LogP contribution in [-0.2, 0) is 16.2 Å². The summed E-state index contributed by atoms with van der Waals surface area (Å²) in [5.74, 6) is 0.303. The predicted octanol–water partition coefficient (Wildman–Crippen LogP) is 4.24. The van der Waals surface area contributed by atoms with E-state index in [1.807, 2.05) is 42.5 Å². The number of carbonyl (C=O) groups excluding carboxylic acids is 2. The normalized spacial score (nSPS) is 13.8. The number of aromatic nitrogens is 5. The van der Waals surface area contributed by atoms with Gasteiger partial charge in [-0.25, -0.2) is 4.68 Å². The van der Waals surface area contributed by atoms with Gasteiger partial charge in [-0.3, -0.25) is 9.59 Å². The van der Waals surface area contributed by atoms with Crippen molar-refractivity contribution in [1.29, 1.82) is 0 Å². The molecule has 2 heterocycles. The van der Waals surface area contributed by atoms with Crippen LogP contribution >= 0.6 is 11.3 Å². The Morgan fingerprint density at radius 1 is 1.00 bits per heavy atom. The average molecular weight is 533 g/mol. The van der Waals surface area contributed by atoms with E-state index in [1.54, 1.807) is 18.0 Å². The number of para-hydroxylation sites is 2. The van der Waals surface area contributed by atoms with Crippen molar-refractivity contribution in [3.05, 3.63) is 59.4 Å². The van der Waals surface area contributed by atoms with E-state index in [4.69, 9.17) is 9.47 Å². The molecule has 0 N–H and O–H groups in total. The number of nitrogens with zero attached hydrogens (tertiary/aromatic N) is 6. The van der Waals surface area contributed by atoms with E-state index < -0.39 is 5.92 Å². The summed E-state index contributed by atoms with van der Waals surface area (Å²) >= 11 is 1.25. The van der Waals surface area contributed by atoms with E-state index >= 15 is 0 Å². The average Bonchev–Trinajstić information content (AvgIpc) is 3.68. The summed E-state index contributed by atoms with van der Waals surface area (Å²) in [5.41, 5.74) is 3.16. The zero-order valence-corrected chi connectivity index (χ0v) is 22.3. The van der Waals surface area contributed by atoms with Gasteiger partial charge in [0.05, 0.1) is 18.9 Å². The minimum atomic E-state index is -0.800. The minimum absolute atomic E-state index is 0.0933. The molecule has 0 radical (unpaired) electrons. The molecular formula is C27H28N6O4S. The number of Topliss-reactive ketones (excluding diaryl/α,β-unsaturated/α-hetero) is 2. The number of methoxy groups -OCH3 is 1. The standard InChI is InChI=1S/C27H28N6O4S/c1-4-32(5-2)18-10-11-19(26-29-30-27(38-26)25-21(34)12-13-22(25)35)24(14-18)37-16-17-15-33(31-28-17)20-8-6-7-9-23(20)36-3/h6-11,14-15,25H,4-5,12-13,16H2,1-3H3. The molecule has 0 spiro atoms. The Morgan fingerprint density at radius 3 is 2.50 bits per heavy atom. The lowest BCUT2D eigenvalue weighted by molar-refractivity contribution is -0.123. The second-order valence-electron chi connectivity index (χ2n) is 8.78. The third-order valence-electron chi connectivity index (χ3n) is 6.52. The molecule has 10 nitrogen and oxygen atoms in total. The monoisotopic (exact) mass is 532 g/mol. The maximum Gasteiger partial charge on any atom is 0.151 e. The third kappa shape index (κ3) is 5.01. The largest absolute Gasteiger partial charge is 0.494 e. The first-order valence-electron chi connectivity index (χ1n) is 12.5. The van der Waals surface area contributed by atoms with E-state index in [0.717, 1.165) is 30.0 Å². The van der Waals surface area contributed by atoms with Crippen molar-refractivity contribution in [2.45, 2.75) is 39.2 Å². The van der Waals surface area contributed by atoms with Gasteiger partial charge in [-0.05, 0) is 38.1 Å². The molecule has 0 aliphatic heterocycles. The molecule has 11 heteroatoms. The topological polar surface area (TPSA) is 112 Å². The van der Waals surface area contributed by atoms with Gasteiger partial charge in [-0.1, -0.05) is 28.7 Å². The molecule has 196 valence electrons. The molecule has 1 saturated carbocycles. The lowest BCUT2D eigenvalue weighted by atomic mass is 10.1. The highest BCUT2D eigenvalue weighted by atomic mass is 32.1. The molecule has 2 aromatic carbocycles. The van der Waals surface area contributed by atoms with Crippen LogP contribution in [0.25, 0.3) is 16.3 Å². The lowest BCUT2D eigenvalue weighted by Gasteiger charge is -2.22. The first kappa shape index (κ1) is 25.5. The van der Waals surface area contributed by atoms with Crippen molar-refractivity contribution in [2.24, 2.45) is 0 Å². The number of carbonyl (C=O) groups is 2. The van der Waals surface area contributed by atoms with Crippen molar-refractivity contribution in [3.8, 4) is 27.8 Å². The van der Waals surface area contributed by atoms with Crippen LogP contribution in [0, 0.1) is 0 Å². The second kappa shape index (κ2) is 11.1. The van der Waals surface area contributed by atoms with Gasteiger partial charge in [0.25, 0.3) is 0 Å². The molecule has 0 amide bonds. The van der Waals surface area contributed by atoms with Gasteiger partial charge < -0.3 is 14.4 Å². The van der Waals surface area contributed by atoms with Crippen molar-refractivity contribution in [2.75, 3.05) is 25.1 Å². The Morgan fingerprint density at radius 2 is 1.76 bits per heavy atom. The zero-order chi connectivity index (χ0) is 26.6. The number of hydrogen-bond acceptors (Lipinski definition) is 10. The highest BCUT2D eigenvalue weighted by Crippen LogP contribution is 2.39. The van der Waals surface area contributed by atoms with Crippen molar-refractivity contribution in [1.82, 2.24) is 25.2 Å². The molecule has 38 heavy (non-hydrogen) atoms. The fraction of sp³-hybridized carbons (Fsp3) is 0.333. The Kier molecular flexibility index (Phi) is 7.45. The van der Waals surface area contributed by atoms with Gasteiger partial charge in [-0.15, -0.1) is 15.3 Å². The van der Waals surface area contributed by atoms with Crippen LogP contribution < -0.4 is 14.4 Å². The lowest BCUT2D eigenvalue weighted by Crippen LogP contribution is -2.21. The van der Waals surface area contributed by atoms with E-state index in [1.165, 1.54) is 11.3 Å². The number of hydrogen-bond donors (Lipinski definition) is 0. The van der Waals surface area contributed by atoms with Crippen molar-refractivity contribution < 1.29 is 19.1 Å². The van der Waals surface area contributed by atoms with E-state index in [2.05, 4.69) is 39.3 Å². The van der Waals surface area contributed by atoms with Crippen LogP contribution in [0.1, 0.15) is 43.3 Å². The van der Waals surface area contributed by atoms with Crippen molar-refractivity contribution >= 4 is 28.6 Å². The first-order valence-corrected chi connectivity index (χ1v) is 13.3. The summed E-state index contributed by atoms with van der Waals surface area (Å²) in [6.45, 7) is 6.06. The smallest absolute Gasteiger partial charge is 0.151 e. The highest BCUT2D eigenvalue weighted by Gasteiger charge is 2.37. The van der Waals surface area contributed by atoms with Crippen LogP contribution in [0.2, 0.25) is 0 Å². The molecule has 4 aromatic rings. The van der Waals surface area contributed by atoms with E-state index in [-0.39, 0.29) is 31.0 Å². The zero-order valence-electron chi connectivity index (χ0n) is 21.5. The summed E-state index contributed by atoms with van der Waals surface area (Å²) in [5, 5.41) is 18.1. The van der Waals surface area contributed by atoms with E-state index in [0.29, 0.717) is 27.2 Å². The third-order valence-corrected chi connectivity index (χ3v) is 7.54. The summed E-state index contributed by atoms with van der Waals surface area (Å²) in [7, 11) is 1.61. The van der Waals surface area contributed by atoms with Gasteiger partial charge in [0.1, 0.15) is 40.4 Å².